The summed E-state index contributed by atoms with van der Waals surface area (Å²) in [4.78, 5) is 7.12. The van der Waals surface area contributed by atoms with E-state index in [1.165, 1.54) is 24.3 Å². The van der Waals surface area contributed by atoms with Crippen molar-refractivity contribution in [2.45, 2.75) is 4.83 Å². The molecule has 76 valence electrons. The van der Waals surface area contributed by atoms with E-state index in [0.717, 1.165) is 0 Å². The summed E-state index contributed by atoms with van der Waals surface area (Å²) in [6.45, 7) is 0. The van der Waals surface area contributed by atoms with Crippen molar-refractivity contribution >= 4 is 27.5 Å². The second-order valence-corrected chi connectivity index (χ2v) is 3.46. The van der Waals surface area contributed by atoms with Crippen LogP contribution in [-0.2, 0) is 4.79 Å². The van der Waals surface area contributed by atoms with Crippen molar-refractivity contribution in [1.29, 1.82) is 0 Å². The van der Waals surface area contributed by atoms with E-state index in [4.69, 9.17) is 5.11 Å². The molecule has 3 nitrogen and oxygen atoms in total. The van der Waals surface area contributed by atoms with Crippen molar-refractivity contribution < 1.29 is 18.7 Å². The van der Waals surface area contributed by atoms with Crippen molar-refractivity contribution in [3.63, 3.8) is 0 Å². The molecule has 1 aromatic rings. The third kappa shape index (κ3) is 2.66. The Morgan fingerprint density at radius 1 is 1.43 bits per heavy atom. The van der Waals surface area contributed by atoms with Gasteiger partial charge in [-0.15, -0.1) is 0 Å². The minimum Gasteiger partial charge on any atom is -0.506 e. The van der Waals surface area contributed by atoms with Gasteiger partial charge in [-0.05, 0) is 12.1 Å². The fourth-order valence-electron chi connectivity index (χ4n) is 0.773. The molecule has 14 heavy (non-hydrogen) atoms. The van der Waals surface area contributed by atoms with E-state index in [0.29, 0.717) is 0 Å². The highest BCUT2D eigenvalue weighted by Gasteiger charge is 2.35. The summed E-state index contributed by atoms with van der Waals surface area (Å²) in [6.07, 6.45) is 0. The molecule has 0 aliphatic rings. The molecule has 6 heteroatoms. The molecular weight excluding hydrogens is 260 g/mol. The molecule has 1 aromatic carbocycles. The molecule has 1 amide bonds. The minimum atomic E-state index is -3.64. The lowest BCUT2D eigenvalue weighted by molar-refractivity contribution is -0.128. The Morgan fingerprint density at radius 2 is 2.00 bits per heavy atom. The van der Waals surface area contributed by atoms with Crippen LogP contribution in [0.1, 0.15) is 0 Å². The second-order valence-electron chi connectivity index (χ2n) is 2.47. The van der Waals surface area contributed by atoms with Gasteiger partial charge < -0.3 is 10.4 Å². The number of rotatable bonds is 2. The average Bonchev–Trinajstić information content (AvgIpc) is 2.07. The molecule has 0 aromatic heterocycles. The van der Waals surface area contributed by atoms with Crippen LogP contribution in [-0.4, -0.2) is 15.8 Å². The molecule has 0 aliphatic heterocycles. The summed E-state index contributed by atoms with van der Waals surface area (Å²) in [5.74, 6) is -1.79. The van der Waals surface area contributed by atoms with E-state index >= 15 is 0 Å². The van der Waals surface area contributed by atoms with E-state index < -0.39 is 10.7 Å². The molecule has 1 rings (SSSR count). The van der Waals surface area contributed by atoms with Gasteiger partial charge in [-0.3, -0.25) is 4.79 Å². The Balaban J connectivity index is 2.80. The number of phenolic OH excluding ortho intramolecular Hbond substituents is 1. The van der Waals surface area contributed by atoms with Crippen molar-refractivity contribution in [3.8, 4) is 5.75 Å². The molecule has 0 saturated heterocycles. The number of carbonyl (C=O) groups excluding carboxylic acids is 1. The molecule has 0 heterocycles. The van der Waals surface area contributed by atoms with Gasteiger partial charge in [0, 0.05) is 15.9 Å². The number of amides is 1. The number of benzene rings is 1. The van der Waals surface area contributed by atoms with Crippen molar-refractivity contribution in [1.82, 2.24) is 0 Å². The number of phenols is 1. The quantitative estimate of drug-likeness (QED) is 0.637. The number of alkyl halides is 3. The smallest absolute Gasteiger partial charge is 0.378 e. The standard InChI is InChI=1S/C8H6BrF2NO2/c9-8(10,11)7(14)12-5-3-1-2-4-6(5)13/h1-4,13H,(H,12,14). The molecule has 0 bridgehead atoms. The fourth-order valence-corrected chi connectivity index (χ4v) is 0.872. The number of anilines is 1. The summed E-state index contributed by atoms with van der Waals surface area (Å²) in [7, 11) is 0. The summed E-state index contributed by atoms with van der Waals surface area (Å²) in [6, 6.07) is 5.60. The van der Waals surface area contributed by atoms with E-state index in [-0.39, 0.29) is 11.4 Å². The number of aromatic hydroxyl groups is 1. The van der Waals surface area contributed by atoms with Crippen LogP contribution >= 0.6 is 15.9 Å². The van der Waals surface area contributed by atoms with Crippen LogP contribution in [0.2, 0.25) is 0 Å². The number of carbonyl (C=O) groups is 1. The van der Waals surface area contributed by atoms with E-state index in [2.05, 4.69) is 0 Å². The number of hydrogen-bond donors (Lipinski definition) is 2. The van der Waals surface area contributed by atoms with Gasteiger partial charge in [-0.1, -0.05) is 12.1 Å². The van der Waals surface area contributed by atoms with Crippen LogP contribution in [0.15, 0.2) is 24.3 Å². The van der Waals surface area contributed by atoms with Crippen LogP contribution < -0.4 is 5.32 Å². The fraction of sp³-hybridized carbons (Fsp3) is 0.125. The third-order valence-corrected chi connectivity index (χ3v) is 1.77. The van der Waals surface area contributed by atoms with Gasteiger partial charge in [0.15, 0.2) is 0 Å². The Kier molecular flexibility index (Phi) is 3.05. The lowest BCUT2D eigenvalue weighted by Crippen LogP contribution is -2.28. The van der Waals surface area contributed by atoms with E-state index in [9.17, 15) is 13.6 Å². The van der Waals surface area contributed by atoms with Gasteiger partial charge in [-0.2, -0.15) is 8.78 Å². The zero-order valence-electron chi connectivity index (χ0n) is 6.80. The number of hydrogen-bond acceptors (Lipinski definition) is 2. The van der Waals surface area contributed by atoms with E-state index in [1.807, 2.05) is 21.2 Å². The zero-order chi connectivity index (χ0) is 10.8. The van der Waals surface area contributed by atoms with Crippen LogP contribution in [0.4, 0.5) is 14.5 Å². The maximum Gasteiger partial charge on any atom is 0.378 e. The average molecular weight is 266 g/mol. The van der Waals surface area contributed by atoms with Crippen LogP contribution in [0, 0.1) is 0 Å². The minimum absolute atomic E-state index is 0.0587. The van der Waals surface area contributed by atoms with Crippen molar-refractivity contribution in [2.24, 2.45) is 0 Å². The first-order valence-electron chi connectivity index (χ1n) is 3.57. The van der Waals surface area contributed by atoms with Crippen molar-refractivity contribution in [3.05, 3.63) is 24.3 Å². The predicted molar refractivity (Wildman–Crippen MR) is 50.6 cm³/mol. The van der Waals surface area contributed by atoms with Crippen LogP contribution in [0.25, 0.3) is 0 Å². The largest absolute Gasteiger partial charge is 0.506 e. The van der Waals surface area contributed by atoms with Gasteiger partial charge in [0.25, 0.3) is 0 Å². The molecule has 0 aliphatic carbocycles. The first kappa shape index (κ1) is 10.9. The zero-order valence-corrected chi connectivity index (χ0v) is 8.38. The van der Waals surface area contributed by atoms with Gasteiger partial charge >= 0.3 is 10.7 Å². The molecule has 0 saturated carbocycles. The lowest BCUT2D eigenvalue weighted by Gasteiger charge is -2.09. The SMILES string of the molecule is O=C(Nc1ccccc1O)C(F)(F)Br. The van der Waals surface area contributed by atoms with Gasteiger partial charge in [0.2, 0.25) is 0 Å². The first-order valence-corrected chi connectivity index (χ1v) is 4.37. The molecular formula is C8H6BrF2NO2. The van der Waals surface area contributed by atoms with Gasteiger partial charge in [0.05, 0.1) is 5.69 Å². The number of para-hydroxylation sites is 2. The summed E-state index contributed by atoms with van der Waals surface area (Å²) >= 11 is 1.90. The van der Waals surface area contributed by atoms with Gasteiger partial charge in [0.1, 0.15) is 5.75 Å². The van der Waals surface area contributed by atoms with E-state index in [1.54, 1.807) is 0 Å². The monoisotopic (exact) mass is 265 g/mol. The predicted octanol–water partition coefficient (Wildman–Crippen LogP) is 2.32. The Hall–Kier alpha value is -1.17. The molecule has 0 radical (unpaired) electrons. The number of halogens is 3. The first-order chi connectivity index (χ1) is 6.41. The van der Waals surface area contributed by atoms with Crippen LogP contribution in [0.3, 0.4) is 0 Å². The second kappa shape index (κ2) is 3.91. The molecule has 2 N–H and O–H groups in total. The van der Waals surface area contributed by atoms with Gasteiger partial charge in [-0.25, -0.2) is 0 Å². The third-order valence-electron chi connectivity index (χ3n) is 1.41. The maximum absolute atomic E-state index is 12.4. The highest BCUT2D eigenvalue weighted by Crippen LogP contribution is 2.27. The summed E-state index contributed by atoms with van der Waals surface area (Å²) in [5, 5.41) is 11.0. The lowest BCUT2D eigenvalue weighted by atomic mass is 10.3. The highest BCUT2D eigenvalue weighted by molar-refractivity contribution is 9.10. The highest BCUT2D eigenvalue weighted by atomic mass is 79.9. The van der Waals surface area contributed by atoms with Crippen molar-refractivity contribution in [2.75, 3.05) is 5.32 Å². The molecule has 0 spiro atoms. The number of nitrogens with one attached hydrogen (secondary N) is 1. The van der Waals surface area contributed by atoms with Crippen LogP contribution in [0.5, 0.6) is 5.75 Å². The molecule has 0 atom stereocenters. The topological polar surface area (TPSA) is 49.3 Å². The normalized spacial score (nSPS) is 11.1. The Bertz CT molecular complexity index is 351. The summed E-state index contributed by atoms with van der Waals surface area (Å²) in [5.41, 5.74) is -0.0587. The summed E-state index contributed by atoms with van der Waals surface area (Å²) < 4.78 is 24.7. The molecule has 0 fully saturated rings. The Morgan fingerprint density at radius 3 is 2.50 bits per heavy atom. The molecule has 0 unspecified atom stereocenters. The Labute approximate surface area is 86.9 Å². The maximum atomic E-state index is 12.4.